The van der Waals surface area contributed by atoms with E-state index in [0.29, 0.717) is 12.4 Å². The summed E-state index contributed by atoms with van der Waals surface area (Å²) < 4.78 is 11.4. The molecule has 0 bridgehead atoms. The van der Waals surface area contributed by atoms with Gasteiger partial charge in [0.2, 0.25) is 0 Å². The third-order valence-electron chi connectivity index (χ3n) is 1.87. The van der Waals surface area contributed by atoms with E-state index in [1.807, 2.05) is 12.1 Å². The molecule has 0 fully saturated rings. The van der Waals surface area contributed by atoms with Crippen molar-refractivity contribution in [3.05, 3.63) is 26.6 Å². The lowest BCUT2D eigenvalue weighted by Crippen LogP contribution is -2.18. The van der Waals surface area contributed by atoms with Crippen molar-refractivity contribution in [2.75, 3.05) is 13.7 Å². The van der Waals surface area contributed by atoms with Gasteiger partial charge in [0, 0.05) is 0 Å². The normalized spacial score (nSPS) is 10.4. The van der Waals surface area contributed by atoms with Gasteiger partial charge in [-0.25, -0.2) is 10.2 Å². The Balaban J connectivity index is 2.74. The molecule has 0 spiro atoms. The number of rotatable bonds is 4. The number of carbonyl (C=O) groups is 1. The van der Waals surface area contributed by atoms with Gasteiger partial charge >= 0.3 is 6.09 Å². The van der Waals surface area contributed by atoms with Crippen molar-refractivity contribution in [3.63, 3.8) is 0 Å². The number of halogens is 2. The van der Waals surface area contributed by atoms with E-state index in [4.69, 9.17) is 4.74 Å². The predicted octanol–water partition coefficient (Wildman–Crippen LogP) is 3.30. The van der Waals surface area contributed by atoms with Crippen LogP contribution in [0.3, 0.4) is 0 Å². The van der Waals surface area contributed by atoms with E-state index in [1.165, 1.54) is 6.21 Å². The molecule has 0 aliphatic heterocycles. The SMILES string of the molecule is CCOC(=O)N/N=C\c1cc(Br)c(OC)c(Br)c1. The smallest absolute Gasteiger partial charge is 0.427 e. The maximum Gasteiger partial charge on any atom is 0.427 e. The molecule has 1 aromatic carbocycles. The van der Waals surface area contributed by atoms with E-state index < -0.39 is 6.09 Å². The van der Waals surface area contributed by atoms with Crippen LogP contribution in [-0.4, -0.2) is 26.0 Å². The Kier molecular flexibility index (Phi) is 6.14. The second kappa shape index (κ2) is 7.38. The minimum atomic E-state index is -0.583. The number of carbonyl (C=O) groups excluding carboxylic acids is 1. The van der Waals surface area contributed by atoms with Gasteiger partial charge in [-0.3, -0.25) is 0 Å². The van der Waals surface area contributed by atoms with Gasteiger partial charge < -0.3 is 9.47 Å². The Labute approximate surface area is 122 Å². The van der Waals surface area contributed by atoms with Crippen LogP contribution in [0.5, 0.6) is 5.75 Å². The van der Waals surface area contributed by atoms with Crippen LogP contribution >= 0.6 is 31.9 Å². The minimum Gasteiger partial charge on any atom is -0.494 e. The molecule has 1 N–H and O–H groups in total. The van der Waals surface area contributed by atoms with Crippen molar-refractivity contribution >= 4 is 44.2 Å². The van der Waals surface area contributed by atoms with E-state index in [-0.39, 0.29) is 0 Å². The van der Waals surface area contributed by atoms with Gasteiger partial charge in [0.25, 0.3) is 0 Å². The molecular formula is C11H12Br2N2O3. The summed E-state index contributed by atoms with van der Waals surface area (Å²) in [5.41, 5.74) is 3.04. The number of ether oxygens (including phenoxy) is 2. The van der Waals surface area contributed by atoms with Crippen LogP contribution in [-0.2, 0) is 4.74 Å². The second-order valence-corrected chi connectivity index (χ2v) is 4.82. The number of hydrogen-bond donors (Lipinski definition) is 1. The molecule has 0 saturated carbocycles. The summed E-state index contributed by atoms with van der Waals surface area (Å²) in [4.78, 5) is 11.0. The number of hydrazone groups is 1. The Morgan fingerprint density at radius 2 is 2.06 bits per heavy atom. The van der Waals surface area contributed by atoms with Crippen LogP contribution < -0.4 is 10.2 Å². The first-order valence-corrected chi connectivity index (χ1v) is 6.66. The lowest BCUT2D eigenvalue weighted by atomic mass is 10.2. The molecule has 0 aliphatic rings. The van der Waals surface area contributed by atoms with Crippen molar-refractivity contribution in [1.29, 1.82) is 0 Å². The summed E-state index contributed by atoms with van der Waals surface area (Å²) in [7, 11) is 1.58. The molecule has 0 atom stereocenters. The van der Waals surface area contributed by atoms with Gasteiger partial charge in [-0.15, -0.1) is 0 Å². The first-order chi connectivity index (χ1) is 8.58. The Hall–Kier alpha value is -1.08. The third kappa shape index (κ3) is 4.30. The van der Waals surface area contributed by atoms with Crippen molar-refractivity contribution in [2.45, 2.75) is 6.92 Å². The van der Waals surface area contributed by atoms with E-state index >= 15 is 0 Å². The maximum atomic E-state index is 11.0. The first-order valence-electron chi connectivity index (χ1n) is 5.07. The van der Waals surface area contributed by atoms with Gasteiger partial charge in [0.1, 0.15) is 5.75 Å². The first kappa shape index (κ1) is 15.0. The summed E-state index contributed by atoms with van der Waals surface area (Å²) in [5, 5.41) is 3.77. The second-order valence-electron chi connectivity index (χ2n) is 3.11. The molecule has 0 aromatic heterocycles. The molecule has 18 heavy (non-hydrogen) atoms. The molecular weight excluding hydrogens is 368 g/mol. The molecule has 0 aliphatic carbocycles. The van der Waals surface area contributed by atoms with Gasteiger partial charge in [-0.05, 0) is 56.5 Å². The Morgan fingerprint density at radius 3 is 2.56 bits per heavy atom. The number of benzene rings is 1. The number of nitrogens with zero attached hydrogens (tertiary/aromatic N) is 1. The van der Waals surface area contributed by atoms with Crippen molar-refractivity contribution < 1.29 is 14.3 Å². The minimum absolute atomic E-state index is 0.307. The molecule has 0 radical (unpaired) electrons. The standard InChI is InChI=1S/C11H12Br2N2O3/c1-3-18-11(16)15-14-6-7-4-8(12)10(17-2)9(13)5-7/h4-6H,3H2,1-2H3,(H,15,16)/b14-6-. The molecule has 1 aromatic rings. The van der Waals surface area contributed by atoms with Crippen LogP contribution in [0.15, 0.2) is 26.2 Å². The molecule has 0 heterocycles. The molecule has 1 rings (SSSR count). The lowest BCUT2D eigenvalue weighted by Gasteiger charge is -2.06. The lowest BCUT2D eigenvalue weighted by molar-refractivity contribution is 0.152. The molecule has 7 heteroatoms. The fourth-order valence-corrected chi connectivity index (χ4v) is 2.72. The largest absolute Gasteiger partial charge is 0.494 e. The third-order valence-corrected chi connectivity index (χ3v) is 3.05. The highest BCUT2D eigenvalue weighted by atomic mass is 79.9. The highest BCUT2D eigenvalue weighted by molar-refractivity contribution is 9.11. The number of amides is 1. The number of nitrogens with one attached hydrogen (secondary N) is 1. The quantitative estimate of drug-likeness (QED) is 0.644. The average Bonchev–Trinajstić information content (AvgIpc) is 2.29. The summed E-state index contributed by atoms with van der Waals surface area (Å²) in [6, 6.07) is 3.64. The van der Waals surface area contributed by atoms with Crippen LogP contribution in [0.4, 0.5) is 4.79 Å². The zero-order chi connectivity index (χ0) is 13.5. The van der Waals surface area contributed by atoms with E-state index in [2.05, 4.69) is 47.1 Å². The Morgan fingerprint density at radius 1 is 1.44 bits per heavy atom. The van der Waals surface area contributed by atoms with Gasteiger partial charge in [0.05, 0.1) is 28.9 Å². The summed E-state index contributed by atoms with van der Waals surface area (Å²) >= 11 is 6.75. The number of methoxy groups -OCH3 is 1. The van der Waals surface area contributed by atoms with Crippen LogP contribution in [0.25, 0.3) is 0 Å². The number of hydrogen-bond acceptors (Lipinski definition) is 4. The van der Waals surface area contributed by atoms with Crippen molar-refractivity contribution in [1.82, 2.24) is 5.43 Å². The van der Waals surface area contributed by atoms with E-state index in [1.54, 1.807) is 14.0 Å². The van der Waals surface area contributed by atoms with Crippen LogP contribution in [0, 0.1) is 0 Å². The monoisotopic (exact) mass is 378 g/mol. The topological polar surface area (TPSA) is 59.9 Å². The van der Waals surface area contributed by atoms with Crippen LogP contribution in [0.1, 0.15) is 12.5 Å². The van der Waals surface area contributed by atoms with E-state index in [0.717, 1.165) is 14.5 Å². The highest BCUT2D eigenvalue weighted by Crippen LogP contribution is 2.33. The summed E-state index contributed by atoms with van der Waals surface area (Å²) in [5.74, 6) is 0.700. The molecule has 5 nitrogen and oxygen atoms in total. The van der Waals surface area contributed by atoms with Gasteiger partial charge in [-0.1, -0.05) is 0 Å². The maximum absolute atomic E-state index is 11.0. The molecule has 1 amide bonds. The zero-order valence-electron chi connectivity index (χ0n) is 9.87. The van der Waals surface area contributed by atoms with Gasteiger partial charge in [-0.2, -0.15) is 5.10 Å². The molecule has 0 unspecified atom stereocenters. The fourth-order valence-electron chi connectivity index (χ4n) is 1.17. The van der Waals surface area contributed by atoms with E-state index in [9.17, 15) is 4.79 Å². The van der Waals surface area contributed by atoms with Crippen LogP contribution in [0.2, 0.25) is 0 Å². The van der Waals surface area contributed by atoms with Crippen molar-refractivity contribution in [3.8, 4) is 5.75 Å². The average molecular weight is 380 g/mol. The van der Waals surface area contributed by atoms with Gasteiger partial charge in [0.15, 0.2) is 0 Å². The molecule has 98 valence electrons. The van der Waals surface area contributed by atoms with Crippen molar-refractivity contribution in [2.24, 2.45) is 5.10 Å². The summed E-state index contributed by atoms with van der Waals surface area (Å²) in [6.07, 6.45) is 0.923. The Bertz CT molecular complexity index is 441. The predicted molar refractivity (Wildman–Crippen MR) is 76.1 cm³/mol. The summed E-state index contributed by atoms with van der Waals surface area (Å²) in [6.45, 7) is 2.03. The highest BCUT2D eigenvalue weighted by Gasteiger charge is 2.06. The fraction of sp³-hybridized carbons (Fsp3) is 0.273. The molecule has 0 saturated heterocycles. The zero-order valence-corrected chi connectivity index (χ0v) is 13.0.